The second-order valence-electron chi connectivity index (χ2n) is 4.79. The number of anilines is 1. The lowest BCUT2D eigenvalue weighted by molar-refractivity contribution is 0.0101. The van der Waals surface area contributed by atoms with E-state index < -0.39 is 16.0 Å². The maximum atomic E-state index is 12.7. The molecule has 0 aromatic heterocycles. The van der Waals surface area contributed by atoms with Crippen LogP contribution in [0.15, 0.2) is 23.1 Å². The summed E-state index contributed by atoms with van der Waals surface area (Å²) < 4.78 is 36.7. The molecule has 1 fully saturated rings. The van der Waals surface area contributed by atoms with E-state index in [1.165, 1.54) is 29.6 Å². The van der Waals surface area contributed by atoms with Gasteiger partial charge in [-0.1, -0.05) is 0 Å². The summed E-state index contributed by atoms with van der Waals surface area (Å²) in [6.45, 7) is 2.58. The van der Waals surface area contributed by atoms with Gasteiger partial charge in [-0.05, 0) is 25.1 Å². The van der Waals surface area contributed by atoms with E-state index >= 15 is 0 Å². The average Bonchev–Trinajstić information content (AvgIpc) is 2.46. The number of nitrogens with zero attached hydrogens (tertiary/aromatic N) is 1. The normalized spacial score (nSPS) is 20.2. The molecule has 0 spiro atoms. The summed E-state index contributed by atoms with van der Waals surface area (Å²) in [6.07, 6.45) is -0.198. The molecule has 1 unspecified atom stereocenters. The molecule has 1 atom stereocenters. The van der Waals surface area contributed by atoms with E-state index in [9.17, 15) is 13.2 Å². The first-order valence-corrected chi connectivity index (χ1v) is 7.90. The second kappa shape index (κ2) is 6.00. The van der Waals surface area contributed by atoms with Gasteiger partial charge in [-0.2, -0.15) is 4.31 Å². The van der Waals surface area contributed by atoms with E-state index in [1.807, 2.05) is 0 Å². The Kier molecular flexibility index (Phi) is 4.50. The van der Waals surface area contributed by atoms with Crippen LogP contribution in [0.2, 0.25) is 0 Å². The molecule has 1 heterocycles. The summed E-state index contributed by atoms with van der Waals surface area (Å²) in [4.78, 5) is 11.6. The van der Waals surface area contributed by atoms with Crippen molar-refractivity contribution in [3.05, 3.63) is 23.8 Å². The molecule has 8 heteroatoms. The van der Waals surface area contributed by atoms with E-state index in [-0.39, 0.29) is 35.3 Å². The molecule has 116 valence electrons. The molecule has 0 aliphatic carbocycles. The van der Waals surface area contributed by atoms with E-state index in [2.05, 4.69) is 4.74 Å². The summed E-state index contributed by atoms with van der Waals surface area (Å²) in [5, 5.41) is 0. The van der Waals surface area contributed by atoms with Crippen molar-refractivity contribution in [2.24, 2.45) is 0 Å². The molecule has 2 N–H and O–H groups in total. The number of sulfonamides is 1. The van der Waals surface area contributed by atoms with E-state index in [0.717, 1.165) is 0 Å². The largest absolute Gasteiger partial charge is 0.465 e. The Morgan fingerprint density at radius 2 is 2.19 bits per heavy atom. The number of rotatable bonds is 3. The molecule has 2 rings (SSSR count). The maximum absolute atomic E-state index is 12.7. The fourth-order valence-corrected chi connectivity index (χ4v) is 3.89. The van der Waals surface area contributed by atoms with Crippen molar-refractivity contribution in [3.8, 4) is 0 Å². The number of hydrogen-bond donors (Lipinski definition) is 1. The zero-order valence-corrected chi connectivity index (χ0v) is 12.7. The van der Waals surface area contributed by atoms with Gasteiger partial charge in [0.05, 0.1) is 30.3 Å². The van der Waals surface area contributed by atoms with Crippen molar-refractivity contribution in [3.63, 3.8) is 0 Å². The number of hydrogen-bond acceptors (Lipinski definition) is 6. The number of methoxy groups -OCH3 is 1. The lowest BCUT2D eigenvalue weighted by Crippen LogP contribution is -2.44. The summed E-state index contributed by atoms with van der Waals surface area (Å²) in [6, 6.07) is 4.10. The highest BCUT2D eigenvalue weighted by Gasteiger charge is 2.32. The standard InChI is InChI=1S/C13H18N2O5S/c1-9-8-15(5-6-20-9)21(17,18)12-7-10(14)3-4-11(12)13(16)19-2/h3-4,7,9H,5-6,8,14H2,1-2H3. The molecule has 0 radical (unpaired) electrons. The first-order chi connectivity index (χ1) is 9.86. The van der Waals surface area contributed by atoms with Crippen molar-refractivity contribution in [1.82, 2.24) is 4.31 Å². The van der Waals surface area contributed by atoms with Crippen LogP contribution >= 0.6 is 0 Å². The van der Waals surface area contributed by atoms with Gasteiger partial charge in [0.25, 0.3) is 0 Å². The number of morpholine rings is 1. The molecular weight excluding hydrogens is 296 g/mol. The Bertz CT molecular complexity index is 644. The smallest absolute Gasteiger partial charge is 0.339 e. The Morgan fingerprint density at radius 3 is 2.81 bits per heavy atom. The maximum Gasteiger partial charge on any atom is 0.339 e. The summed E-state index contributed by atoms with van der Waals surface area (Å²) in [5.74, 6) is -0.713. The van der Waals surface area contributed by atoms with Gasteiger partial charge in [0, 0.05) is 18.8 Å². The van der Waals surface area contributed by atoms with Crippen molar-refractivity contribution in [2.75, 3.05) is 32.5 Å². The first kappa shape index (κ1) is 15.7. The van der Waals surface area contributed by atoms with Crippen molar-refractivity contribution in [2.45, 2.75) is 17.9 Å². The fraction of sp³-hybridized carbons (Fsp3) is 0.462. The van der Waals surface area contributed by atoms with Gasteiger partial charge in [-0.3, -0.25) is 0 Å². The number of carbonyl (C=O) groups excluding carboxylic acids is 1. The lowest BCUT2D eigenvalue weighted by atomic mass is 10.2. The van der Waals surface area contributed by atoms with Crippen molar-refractivity contribution < 1.29 is 22.7 Å². The summed E-state index contributed by atoms with van der Waals surface area (Å²) in [5.41, 5.74) is 5.91. The number of nitrogen functional groups attached to an aromatic ring is 1. The first-order valence-electron chi connectivity index (χ1n) is 6.46. The summed E-state index contributed by atoms with van der Waals surface area (Å²) >= 11 is 0. The Labute approximate surface area is 123 Å². The Morgan fingerprint density at radius 1 is 1.48 bits per heavy atom. The zero-order chi connectivity index (χ0) is 15.6. The van der Waals surface area contributed by atoms with E-state index in [1.54, 1.807) is 6.92 Å². The minimum absolute atomic E-state index is 0.0224. The van der Waals surface area contributed by atoms with Gasteiger partial charge in [0.15, 0.2) is 0 Å². The van der Waals surface area contributed by atoms with Crippen molar-refractivity contribution in [1.29, 1.82) is 0 Å². The van der Waals surface area contributed by atoms with Crippen LogP contribution in [0.4, 0.5) is 5.69 Å². The fourth-order valence-electron chi connectivity index (χ4n) is 2.17. The molecule has 1 aromatic rings. The van der Waals surface area contributed by atoms with Gasteiger partial charge in [0.2, 0.25) is 10.0 Å². The van der Waals surface area contributed by atoms with Crippen molar-refractivity contribution >= 4 is 21.7 Å². The van der Waals surface area contributed by atoms with Crippen LogP contribution in [0.5, 0.6) is 0 Å². The SMILES string of the molecule is COC(=O)c1ccc(N)cc1S(=O)(=O)N1CCOC(C)C1. The molecule has 1 aromatic carbocycles. The summed E-state index contributed by atoms with van der Waals surface area (Å²) in [7, 11) is -2.63. The van der Waals surface area contributed by atoms with Gasteiger partial charge in [-0.25, -0.2) is 13.2 Å². The number of carbonyl (C=O) groups is 1. The molecular formula is C13H18N2O5S. The predicted molar refractivity (Wildman–Crippen MR) is 76.4 cm³/mol. The third-order valence-corrected chi connectivity index (χ3v) is 5.14. The van der Waals surface area contributed by atoms with Gasteiger partial charge >= 0.3 is 5.97 Å². The van der Waals surface area contributed by atoms with Crippen LogP contribution in [0.3, 0.4) is 0 Å². The minimum Gasteiger partial charge on any atom is -0.465 e. The highest BCUT2D eigenvalue weighted by Crippen LogP contribution is 2.25. The number of esters is 1. The van der Waals surface area contributed by atoms with Crippen LogP contribution in [-0.2, 0) is 19.5 Å². The predicted octanol–water partition coefficient (Wildman–Crippen LogP) is 0.465. The number of nitrogens with two attached hydrogens (primary N) is 1. The third-order valence-electron chi connectivity index (χ3n) is 3.23. The van der Waals surface area contributed by atoms with E-state index in [4.69, 9.17) is 10.5 Å². The van der Waals surface area contributed by atoms with Gasteiger partial charge in [-0.15, -0.1) is 0 Å². The van der Waals surface area contributed by atoms with Gasteiger partial charge < -0.3 is 15.2 Å². The highest BCUT2D eigenvalue weighted by atomic mass is 32.2. The molecule has 7 nitrogen and oxygen atoms in total. The Balaban J connectivity index is 2.48. The highest BCUT2D eigenvalue weighted by molar-refractivity contribution is 7.89. The van der Waals surface area contributed by atoms with Crippen LogP contribution in [-0.4, -0.2) is 51.6 Å². The molecule has 1 saturated heterocycles. The van der Waals surface area contributed by atoms with Crippen LogP contribution in [0, 0.1) is 0 Å². The number of benzene rings is 1. The van der Waals surface area contributed by atoms with Crippen LogP contribution in [0.1, 0.15) is 17.3 Å². The monoisotopic (exact) mass is 314 g/mol. The Hall–Kier alpha value is -1.64. The van der Waals surface area contributed by atoms with Crippen LogP contribution in [0.25, 0.3) is 0 Å². The van der Waals surface area contributed by atoms with E-state index in [0.29, 0.717) is 6.61 Å². The minimum atomic E-state index is -3.83. The van der Waals surface area contributed by atoms with Crippen LogP contribution < -0.4 is 5.73 Å². The average molecular weight is 314 g/mol. The topological polar surface area (TPSA) is 98.9 Å². The molecule has 21 heavy (non-hydrogen) atoms. The quantitative estimate of drug-likeness (QED) is 0.643. The third kappa shape index (κ3) is 3.17. The molecule has 0 amide bonds. The molecule has 0 bridgehead atoms. The molecule has 1 aliphatic heterocycles. The molecule has 0 saturated carbocycles. The van der Waals surface area contributed by atoms with Gasteiger partial charge in [0.1, 0.15) is 0 Å². The second-order valence-corrected chi connectivity index (χ2v) is 6.70. The lowest BCUT2D eigenvalue weighted by Gasteiger charge is -2.30. The zero-order valence-electron chi connectivity index (χ0n) is 11.9. The molecule has 1 aliphatic rings. The number of ether oxygens (including phenoxy) is 2.